The highest BCUT2D eigenvalue weighted by Crippen LogP contribution is 2.33. The molecule has 1 N–H and O–H groups in total. The lowest BCUT2D eigenvalue weighted by Crippen LogP contribution is -2.34. The van der Waals surface area contributed by atoms with Crippen LogP contribution in [0, 0.1) is 0 Å². The molecule has 3 aromatic heterocycles. The highest BCUT2D eigenvalue weighted by atomic mass is 16.6. The number of fused-ring (bicyclic) bond motifs is 3. The fourth-order valence-corrected chi connectivity index (χ4v) is 3.21. The Morgan fingerprint density at radius 3 is 2.61 bits per heavy atom. The number of carbonyl (C=O) groups excluding carboxylic acids is 1. The van der Waals surface area contributed by atoms with Gasteiger partial charge in [0.2, 0.25) is 0 Å². The predicted octanol–water partition coefficient (Wildman–Crippen LogP) is 4.49. The van der Waals surface area contributed by atoms with Crippen molar-refractivity contribution in [1.82, 2.24) is 19.5 Å². The average molecular weight is 377 g/mol. The van der Waals surface area contributed by atoms with Crippen LogP contribution in [0.3, 0.4) is 0 Å². The van der Waals surface area contributed by atoms with Crippen LogP contribution in [-0.4, -0.2) is 38.3 Å². The number of H-pyrrole nitrogens is 1. The molecule has 0 saturated heterocycles. The molecule has 7 heteroatoms. The number of benzene rings is 1. The minimum absolute atomic E-state index is 0.457. The molecule has 0 radical (unpaired) electrons. The quantitative estimate of drug-likeness (QED) is 0.558. The van der Waals surface area contributed by atoms with Gasteiger partial charge < -0.3 is 14.3 Å². The molecule has 1 aromatic carbocycles. The number of imidazole rings is 1. The molecule has 4 aromatic rings. The molecule has 0 fully saturated rings. The first-order valence-electron chi connectivity index (χ1n) is 9.10. The van der Waals surface area contributed by atoms with E-state index < -0.39 is 11.7 Å². The maximum atomic E-state index is 12.6. The number of ether oxygens (including phenoxy) is 1. The number of aromatic amines is 1. The number of carbonyl (C=O) groups is 1. The monoisotopic (exact) mass is 377 g/mol. The van der Waals surface area contributed by atoms with E-state index in [4.69, 9.17) is 9.72 Å². The van der Waals surface area contributed by atoms with Crippen molar-refractivity contribution in [2.24, 2.45) is 7.05 Å². The van der Waals surface area contributed by atoms with Crippen molar-refractivity contribution in [1.29, 1.82) is 0 Å². The molecule has 0 bridgehead atoms. The molecule has 3 heterocycles. The van der Waals surface area contributed by atoms with Crippen molar-refractivity contribution in [3.05, 3.63) is 42.7 Å². The first-order valence-corrected chi connectivity index (χ1v) is 9.10. The summed E-state index contributed by atoms with van der Waals surface area (Å²) in [5.74, 6) is 0.457. The van der Waals surface area contributed by atoms with E-state index in [9.17, 15) is 4.79 Å². The van der Waals surface area contributed by atoms with Gasteiger partial charge in [-0.05, 0) is 32.4 Å². The Morgan fingerprint density at radius 1 is 1.21 bits per heavy atom. The second kappa shape index (κ2) is 6.37. The van der Waals surface area contributed by atoms with E-state index in [1.165, 1.54) is 4.90 Å². The van der Waals surface area contributed by atoms with Crippen LogP contribution >= 0.6 is 0 Å². The van der Waals surface area contributed by atoms with Crippen molar-refractivity contribution < 1.29 is 9.53 Å². The van der Waals surface area contributed by atoms with E-state index >= 15 is 0 Å². The summed E-state index contributed by atoms with van der Waals surface area (Å²) >= 11 is 0. The van der Waals surface area contributed by atoms with Crippen LogP contribution in [-0.2, 0) is 11.8 Å². The molecule has 0 aliphatic rings. The van der Waals surface area contributed by atoms with E-state index in [1.54, 1.807) is 13.4 Å². The summed E-state index contributed by atoms with van der Waals surface area (Å²) in [5.41, 5.74) is 3.70. The Labute approximate surface area is 163 Å². The molecule has 7 nitrogen and oxygen atoms in total. The van der Waals surface area contributed by atoms with Crippen LogP contribution in [0.5, 0.6) is 0 Å². The zero-order valence-corrected chi connectivity index (χ0v) is 16.6. The second-order valence-corrected chi connectivity index (χ2v) is 7.84. The minimum atomic E-state index is -0.592. The summed E-state index contributed by atoms with van der Waals surface area (Å²) in [7, 11) is 3.58. The highest BCUT2D eigenvalue weighted by Gasteiger charge is 2.25. The normalized spacial score (nSPS) is 11.9. The van der Waals surface area contributed by atoms with Crippen LogP contribution in [0.15, 0.2) is 42.7 Å². The smallest absolute Gasteiger partial charge is 0.415 e. The summed E-state index contributed by atoms with van der Waals surface area (Å²) in [6.07, 6.45) is 1.26. The van der Waals surface area contributed by atoms with Crippen LogP contribution in [0.4, 0.5) is 10.6 Å². The van der Waals surface area contributed by atoms with Gasteiger partial charge in [0.05, 0.1) is 11.8 Å². The van der Waals surface area contributed by atoms with Crippen LogP contribution < -0.4 is 4.90 Å². The third-order valence-electron chi connectivity index (χ3n) is 4.49. The number of hydrogen-bond acceptors (Lipinski definition) is 4. The zero-order valence-electron chi connectivity index (χ0n) is 16.6. The van der Waals surface area contributed by atoms with Crippen molar-refractivity contribution in [3.63, 3.8) is 0 Å². The molecule has 0 saturated carbocycles. The minimum Gasteiger partial charge on any atom is -0.443 e. The zero-order chi connectivity index (χ0) is 20.1. The number of aryl methyl sites for hydroxylation is 1. The van der Waals surface area contributed by atoms with Crippen LogP contribution in [0.2, 0.25) is 0 Å². The van der Waals surface area contributed by atoms with Gasteiger partial charge in [-0.1, -0.05) is 30.3 Å². The largest absolute Gasteiger partial charge is 0.443 e. The maximum Gasteiger partial charge on any atom is 0.415 e. The molecule has 4 rings (SSSR count). The fraction of sp³-hybridized carbons (Fsp3) is 0.286. The number of aromatic nitrogens is 4. The molecule has 0 unspecified atom stereocenters. The Kier molecular flexibility index (Phi) is 4.10. The van der Waals surface area contributed by atoms with E-state index in [0.29, 0.717) is 17.0 Å². The first-order chi connectivity index (χ1) is 13.2. The van der Waals surface area contributed by atoms with Gasteiger partial charge in [0, 0.05) is 25.2 Å². The van der Waals surface area contributed by atoms with Gasteiger partial charge in [0.25, 0.3) is 0 Å². The highest BCUT2D eigenvalue weighted by molar-refractivity contribution is 6.09. The van der Waals surface area contributed by atoms with Gasteiger partial charge in [-0.2, -0.15) is 0 Å². The third kappa shape index (κ3) is 3.09. The van der Waals surface area contributed by atoms with Gasteiger partial charge in [-0.3, -0.25) is 4.90 Å². The maximum absolute atomic E-state index is 12.6. The van der Waals surface area contributed by atoms with E-state index in [2.05, 4.69) is 16.0 Å². The molecule has 0 atom stereocenters. The van der Waals surface area contributed by atoms with Crippen molar-refractivity contribution >= 4 is 34.0 Å². The first kappa shape index (κ1) is 18.0. The SMILES string of the molecule is CN(C(=O)OC(C)(C)C)c1nc2[nH]c(-c3ccccc3)cc2c2c1ncn2C. The number of amides is 1. The Bertz CT molecular complexity index is 1170. The van der Waals surface area contributed by atoms with Crippen molar-refractivity contribution in [2.45, 2.75) is 26.4 Å². The van der Waals surface area contributed by atoms with Gasteiger partial charge >= 0.3 is 6.09 Å². The third-order valence-corrected chi connectivity index (χ3v) is 4.49. The second-order valence-electron chi connectivity index (χ2n) is 7.84. The Morgan fingerprint density at radius 2 is 1.93 bits per heavy atom. The van der Waals surface area contributed by atoms with Gasteiger partial charge in [-0.25, -0.2) is 14.8 Å². The molecule has 0 spiro atoms. The van der Waals surface area contributed by atoms with Gasteiger partial charge in [0.1, 0.15) is 16.8 Å². The average Bonchev–Trinajstić information content (AvgIpc) is 3.23. The molecular formula is C21H23N5O2. The van der Waals surface area contributed by atoms with Crippen LogP contribution in [0.25, 0.3) is 33.3 Å². The lowest BCUT2D eigenvalue weighted by Gasteiger charge is -2.24. The van der Waals surface area contributed by atoms with Crippen molar-refractivity contribution in [2.75, 3.05) is 11.9 Å². The number of rotatable bonds is 2. The lowest BCUT2D eigenvalue weighted by atomic mass is 10.1. The summed E-state index contributed by atoms with van der Waals surface area (Å²) in [5, 5.41) is 0.954. The topological polar surface area (TPSA) is 76.0 Å². The lowest BCUT2D eigenvalue weighted by molar-refractivity contribution is 0.0589. The predicted molar refractivity (Wildman–Crippen MR) is 110 cm³/mol. The van der Waals surface area contributed by atoms with E-state index in [0.717, 1.165) is 22.2 Å². The Balaban J connectivity index is 1.89. The van der Waals surface area contributed by atoms with E-state index in [-0.39, 0.29) is 0 Å². The molecule has 144 valence electrons. The van der Waals surface area contributed by atoms with Gasteiger partial charge in [-0.15, -0.1) is 0 Å². The molecule has 0 aliphatic carbocycles. The summed E-state index contributed by atoms with van der Waals surface area (Å²) in [6, 6.07) is 12.1. The number of hydrogen-bond donors (Lipinski definition) is 1. The standard InChI is InChI=1S/C21H23N5O2/c1-21(2,3)28-20(27)26(5)19-16-17(25(4)12-22-16)14-11-15(23-18(14)24-19)13-9-7-6-8-10-13/h6-12H,1-5H3,(H,23,24). The van der Waals surface area contributed by atoms with Gasteiger partial charge in [0.15, 0.2) is 5.82 Å². The fourth-order valence-electron chi connectivity index (χ4n) is 3.21. The number of anilines is 1. The Hall–Kier alpha value is -3.35. The van der Waals surface area contributed by atoms with E-state index in [1.807, 2.05) is 62.7 Å². The molecule has 1 amide bonds. The summed E-state index contributed by atoms with van der Waals surface area (Å²) in [4.78, 5) is 26.6. The van der Waals surface area contributed by atoms with Crippen LogP contribution in [0.1, 0.15) is 20.8 Å². The van der Waals surface area contributed by atoms with Crippen molar-refractivity contribution in [3.8, 4) is 11.3 Å². The summed E-state index contributed by atoms with van der Waals surface area (Å²) in [6.45, 7) is 5.51. The number of nitrogens with one attached hydrogen (secondary N) is 1. The molecular weight excluding hydrogens is 354 g/mol. The molecule has 0 aliphatic heterocycles. The summed E-state index contributed by atoms with van der Waals surface area (Å²) < 4.78 is 7.44. The number of pyridine rings is 1. The number of nitrogens with zero attached hydrogens (tertiary/aromatic N) is 4. The molecule has 28 heavy (non-hydrogen) atoms.